The van der Waals surface area contributed by atoms with Crippen LogP contribution in [0.1, 0.15) is 29.3 Å². The van der Waals surface area contributed by atoms with Crippen molar-refractivity contribution in [2.24, 2.45) is 0 Å². The first-order chi connectivity index (χ1) is 11.7. The number of aryl methyl sites for hydroxylation is 2. The standard InChI is InChI=1S/C20H22N4/c1-3-17-6-8-18(9-7-17)14-24(15-19-5-4-11-21-13-19)20-22-12-10-16(2)23-20/h4-13H,3,14-15H2,1-2H3. The molecule has 0 aliphatic rings. The van der Waals surface area contributed by atoms with Crippen molar-refractivity contribution in [3.05, 3.63) is 83.4 Å². The third-order valence-electron chi connectivity index (χ3n) is 3.97. The molecule has 0 spiro atoms. The van der Waals surface area contributed by atoms with E-state index in [9.17, 15) is 0 Å². The number of rotatable bonds is 6. The van der Waals surface area contributed by atoms with E-state index in [4.69, 9.17) is 0 Å². The molecule has 0 N–H and O–H groups in total. The average Bonchev–Trinajstić information content (AvgIpc) is 2.63. The first-order valence-corrected chi connectivity index (χ1v) is 8.26. The van der Waals surface area contributed by atoms with Gasteiger partial charge in [-0.3, -0.25) is 4.98 Å². The van der Waals surface area contributed by atoms with Gasteiger partial charge in [-0.05, 0) is 42.2 Å². The number of hydrogen-bond acceptors (Lipinski definition) is 4. The molecule has 0 aliphatic heterocycles. The van der Waals surface area contributed by atoms with Crippen molar-refractivity contribution in [2.75, 3.05) is 4.90 Å². The summed E-state index contributed by atoms with van der Waals surface area (Å²) in [6.07, 6.45) is 6.55. The number of anilines is 1. The molecule has 0 amide bonds. The van der Waals surface area contributed by atoms with E-state index in [1.807, 2.05) is 31.5 Å². The fraction of sp³-hybridized carbons (Fsp3) is 0.250. The van der Waals surface area contributed by atoms with Gasteiger partial charge in [-0.15, -0.1) is 0 Å². The van der Waals surface area contributed by atoms with E-state index in [0.29, 0.717) is 0 Å². The van der Waals surface area contributed by atoms with E-state index in [2.05, 4.69) is 57.1 Å². The quantitative estimate of drug-likeness (QED) is 0.690. The maximum atomic E-state index is 4.59. The molecule has 0 saturated carbocycles. The molecule has 2 heterocycles. The SMILES string of the molecule is CCc1ccc(CN(Cc2cccnc2)c2nccc(C)n2)cc1. The van der Waals surface area contributed by atoms with E-state index in [1.165, 1.54) is 11.1 Å². The highest BCUT2D eigenvalue weighted by Gasteiger charge is 2.12. The van der Waals surface area contributed by atoms with Crippen LogP contribution in [-0.4, -0.2) is 15.0 Å². The topological polar surface area (TPSA) is 41.9 Å². The fourth-order valence-corrected chi connectivity index (χ4v) is 2.60. The van der Waals surface area contributed by atoms with E-state index < -0.39 is 0 Å². The first-order valence-electron chi connectivity index (χ1n) is 8.26. The van der Waals surface area contributed by atoms with Gasteiger partial charge in [0.25, 0.3) is 0 Å². The molecule has 0 fully saturated rings. The van der Waals surface area contributed by atoms with Gasteiger partial charge in [0.1, 0.15) is 0 Å². The van der Waals surface area contributed by atoms with Gasteiger partial charge in [0.15, 0.2) is 0 Å². The van der Waals surface area contributed by atoms with Gasteiger partial charge in [-0.2, -0.15) is 0 Å². The van der Waals surface area contributed by atoms with E-state index in [-0.39, 0.29) is 0 Å². The summed E-state index contributed by atoms with van der Waals surface area (Å²) in [5, 5.41) is 0. The van der Waals surface area contributed by atoms with Gasteiger partial charge in [0, 0.05) is 37.4 Å². The van der Waals surface area contributed by atoms with Crippen molar-refractivity contribution in [1.29, 1.82) is 0 Å². The van der Waals surface area contributed by atoms with Gasteiger partial charge in [-0.1, -0.05) is 37.3 Å². The second kappa shape index (κ2) is 7.68. The summed E-state index contributed by atoms with van der Waals surface area (Å²) in [6.45, 7) is 5.66. The minimum Gasteiger partial charge on any atom is -0.332 e. The molecule has 3 aromatic rings. The summed E-state index contributed by atoms with van der Waals surface area (Å²) in [7, 11) is 0. The predicted molar refractivity (Wildman–Crippen MR) is 96.7 cm³/mol. The molecule has 4 heteroatoms. The van der Waals surface area contributed by atoms with Gasteiger partial charge in [0.05, 0.1) is 0 Å². The summed E-state index contributed by atoms with van der Waals surface area (Å²) in [5.74, 6) is 0.749. The zero-order valence-corrected chi connectivity index (χ0v) is 14.2. The molecular formula is C20H22N4. The Morgan fingerprint density at radius 3 is 2.29 bits per heavy atom. The van der Waals surface area contributed by atoms with Crippen LogP contribution in [0.15, 0.2) is 61.1 Å². The Balaban J connectivity index is 1.86. The number of hydrogen-bond donors (Lipinski definition) is 0. The van der Waals surface area contributed by atoms with Crippen LogP contribution < -0.4 is 4.90 Å². The Morgan fingerprint density at radius 2 is 1.62 bits per heavy atom. The van der Waals surface area contributed by atoms with Gasteiger partial charge >= 0.3 is 0 Å². The van der Waals surface area contributed by atoms with Gasteiger partial charge in [0.2, 0.25) is 5.95 Å². The molecule has 24 heavy (non-hydrogen) atoms. The van der Waals surface area contributed by atoms with E-state index in [0.717, 1.165) is 36.7 Å². The van der Waals surface area contributed by atoms with Gasteiger partial charge < -0.3 is 4.90 Å². The Kier molecular flexibility index (Phi) is 5.16. The van der Waals surface area contributed by atoms with Crippen LogP contribution in [0, 0.1) is 6.92 Å². The second-order valence-electron chi connectivity index (χ2n) is 5.89. The molecule has 4 nitrogen and oxygen atoms in total. The third kappa shape index (κ3) is 4.16. The molecule has 3 rings (SSSR count). The fourth-order valence-electron chi connectivity index (χ4n) is 2.60. The molecule has 0 atom stereocenters. The number of nitrogens with zero attached hydrogens (tertiary/aromatic N) is 4. The van der Waals surface area contributed by atoms with Crippen LogP contribution in [-0.2, 0) is 19.5 Å². The highest BCUT2D eigenvalue weighted by atomic mass is 15.2. The third-order valence-corrected chi connectivity index (χ3v) is 3.97. The molecule has 0 saturated heterocycles. The lowest BCUT2D eigenvalue weighted by molar-refractivity contribution is 0.757. The Morgan fingerprint density at radius 1 is 0.875 bits per heavy atom. The minimum atomic E-state index is 0.729. The van der Waals surface area contributed by atoms with Gasteiger partial charge in [-0.25, -0.2) is 9.97 Å². The lowest BCUT2D eigenvalue weighted by atomic mass is 10.1. The van der Waals surface area contributed by atoms with E-state index >= 15 is 0 Å². The zero-order chi connectivity index (χ0) is 16.8. The molecular weight excluding hydrogens is 296 g/mol. The van der Waals surface area contributed by atoms with Crippen LogP contribution >= 0.6 is 0 Å². The number of aromatic nitrogens is 3. The van der Waals surface area contributed by atoms with Crippen LogP contribution in [0.4, 0.5) is 5.95 Å². The summed E-state index contributed by atoms with van der Waals surface area (Å²) in [6, 6.07) is 14.7. The average molecular weight is 318 g/mol. The largest absolute Gasteiger partial charge is 0.332 e. The zero-order valence-electron chi connectivity index (χ0n) is 14.2. The number of benzene rings is 1. The lowest BCUT2D eigenvalue weighted by Gasteiger charge is -2.23. The van der Waals surface area contributed by atoms with Crippen molar-refractivity contribution >= 4 is 5.95 Å². The molecule has 1 aromatic carbocycles. The Labute approximate surface area is 143 Å². The van der Waals surface area contributed by atoms with Crippen LogP contribution in [0.25, 0.3) is 0 Å². The molecule has 0 aliphatic carbocycles. The lowest BCUT2D eigenvalue weighted by Crippen LogP contribution is -2.24. The van der Waals surface area contributed by atoms with Crippen LogP contribution in [0.5, 0.6) is 0 Å². The van der Waals surface area contributed by atoms with Crippen molar-refractivity contribution in [3.63, 3.8) is 0 Å². The second-order valence-corrected chi connectivity index (χ2v) is 5.89. The summed E-state index contributed by atoms with van der Waals surface area (Å²) >= 11 is 0. The van der Waals surface area contributed by atoms with E-state index in [1.54, 1.807) is 6.20 Å². The van der Waals surface area contributed by atoms with Crippen molar-refractivity contribution < 1.29 is 0 Å². The summed E-state index contributed by atoms with van der Waals surface area (Å²) < 4.78 is 0. The first kappa shape index (κ1) is 16.1. The number of pyridine rings is 1. The Bertz CT molecular complexity index is 769. The maximum absolute atomic E-state index is 4.59. The normalized spacial score (nSPS) is 10.6. The summed E-state index contributed by atoms with van der Waals surface area (Å²) in [4.78, 5) is 15.5. The molecule has 122 valence electrons. The van der Waals surface area contributed by atoms with Crippen molar-refractivity contribution in [1.82, 2.24) is 15.0 Å². The molecule has 0 unspecified atom stereocenters. The van der Waals surface area contributed by atoms with Crippen LogP contribution in [0.3, 0.4) is 0 Å². The highest BCUT2D eigenvalue weighted by molar-refractivity contribution is 5.35. The monoisotopic (exact) mass is 318 g/mol. The maximum Gasteiger partial charge on any atom is 0.226 e. The smallest absolute Gasteiger partial charge is 0.226 e. The van der Waals surface area contributed by atoms with Crippen molar-refractivity contribution in [3.8, 4) is 0 Å². The highest BCUT2D eigenvalue weighted by Crippen LogP contribution is 2.16. The minimum absolute atomic E-state index is 0.729. The Hall–Kier alpha value is -2.75. The summed E-state index contributed by atoms with van der Waals surface area (Å²) in [5.41, 5.74) is 4.72. The molecule has 0 radical (unpaired) electrons. The van der Waals surface area contributed by atoms with Crippen LogP contribution in [0.2, 0.25) is 0 Å². The molecule has 0 bridgehead atoms. The molecule has 2 aromatic heterocycles. The predicted octanol–water partition coefficient (Wildman–Crippen LogP) is 3.95. The van der Waals surface area contributed by atoms with Crippen molar-refractivity contribution in [2.45, 2.75) is 33.4 Å².